The number of unbranched alkanes of at least 4 members (excludes halogenated alkanes) is 4. The van der Waals surface area contributed by atoms with Crippen molar-refractivity contribution in [1.82, 2.24) is 0 Å². The summed E-state index contributed by atoms with van der Waals surface area (Å²) >= 11 is 0. The summed E-state index contributed by atoms with van der Waals surface area (Å²) < 4.78 is 6.11. The van der Waals surface area contributed by atoms with Gasteiger partial charge < -0.3 is 4.74 Å². The molecule has 0 saturated carbocycles. The third kappa shape index (κ3) is 15.5. The molecule has 0 bridgehead atoms. The summed E-state index contributed by atoms with van der Waals surface area (Å²) in [7, 11) is 0. The summed E-state index contributed by atoms with van der Waals surface area (Å²) in [5, 5.41) is 0. The lowest BCUT2D eigenvalue weighted by Gasteiger charge is -2.07. The fourth-order valence-corrected chi connectivity index (χ4v) is 2.01. The molecule has 0 aliphatic heterocycles. The molecule has 0 spiro atoms. The number of allylic oxidation sites excluding steroid dienone is 10. The fourth-order valence-electron chi connectivity index (χ4n) is 2.01. The number of hydrogen-bond acceptors (Lipinski definition) is 1. The lowest BCUT2D eigenvalue weighted by molar-refractivity contribution is 0.336. The van der Waals surface area contributed by atoms with Crippen LogP contribution in [0.15, 0.2) is 72.3 Å². The second-order valence-corrected chi connectivity index (χ2v) is 6.00. The molecule has 0 unspecified atom stereocenters. The van der Waals surface area contributed by atoms with Gasteiger partial charge in [-0.05, 0) is 50.0 Å². The van der Waals surface area contributed by atoms with Crippen molar-refractivity contribution in [3.05, 3.63) is 72.3 Å². The average Bonchev–Trinajstić information content (AvgIpc) is 2.63. The first-order valence-electron chi connectivity index (χ1n) is 10.0. The largest absolute Gasteiger partial charge is 0.457 e. The molecule has 0 heterocycles. The maximum Gasteiger partial charge on any atom is 0.127 e. The number of ether oxygens (including phenoxy) is 1. The molecule has 140 valence electrons. The van der Waals surface area contributed by atoms with Crippen LogP contribution in [0.1, 0.15) is 79.1 Å². The molecule has 0 N–H and O–H groups in total. The molecule has 0 radical (unpaired) electrons. The van der Waals surface area contributed by atoms with Crippen molar-refractivity contribution in [3.63, 3.8) is 0 Å². The Bertz CT molecular complexity index is 428. The van der Waals surface area contributed by atoms with Gasteiger partial charge in [-0.25, -0.2) is 0 Å². The second kappa shape index (κ2) is 18.6. The molecule has 0 fully saturated rings. The normalized spacial score (nSPS) is 13.9. The van der Waals surface area contributed by atoms with Crippen LogP contribution in [-0.4, -0.2) is 0 Å². The van der Waals surface area contributed by atoms with Crippen molar-refractivity contribution >= 4 is 0 Å². The van der Waals surface area contributed by atoms with Crippen molar-refractivity contribution < 1.29 is 4.74 Å². The van der Waals surface area contributed by atoms with E-state index < -0.39 is 0 Å². The Morgan fingerprint density at radius 1 is 0.640 bits per heavy atom. The van der Waals surface area contributed by atoms with Crippen LogP contribution in [0.5, 0.6) is 0 Å². The summed E-state index contributed by atoms with van der Waals surface area (Å²) in [6.45, 7) is 8.70. The van der Waals surface area contributed by atoms with Gasteiger partial charge in [0.25, 0.3) is 0 Å². The van der Waals surface area contributed by atoms with Crippen molar-refractivity contribution in [1.29, 1.82) is 0 Å². The van der Waals surface area contributed by atoms with E-state index in [1.165, 1.54) is 25.7 Å². The first-order valence-corrected chi connectivity index (χ1v) is 10.0. The smallest absolute Gasteiger partial charge is 0.127 e. The van der Waals surface area contributed by atoms with Crippen molar-refractivity contribution in [2.45, 2.75) is 79.1 Å². The summed E-state index contributed by atoms with van der Waals surface area (Å²) in [5.74, 6) is 1.76. The Labute approximate surface area is 156 Å². The van der Waals surface area contributed by atoms with Crippen LogP contribution in [0.2, 0.25) is 0 Å². The lowest BCUT2D eigenvalue weighted by atomic mass is 10.2. The molecule has 0 aromatic carbocycles. The van der Waals surface area contributed by atoms with Crippen LogP contribution in [0.4, 0.5) is 0 Å². The molecule has 0 rings (SSSR count). The molecule has 0 aliphatic rings. The van der Waals surface area contributed by atoms with E-state index in [0.29, 0.717) is 0 Å². The first kappa shape index (κ1) is 23.2. The standard InChI is InChI=1S/C24H38O/c1-5-9-13-15-17-21-23(19-11-7-3)25-24(20-12-8-4)22-18-16-14-10-6-2/h11-12,15-22H,5-10,13-14H2,1-4H3. The quantitative estimate of drug-likeness (QED) is 0.175. The highest BCUT2D eigenvalue weighted by molar-refractivity contribution is 5.25. The predicted molar refractivity (Wildman–Crippen MR) is 113 cm³/mol. The molecule has 0 aromatic rings. The van der Waals surface area contributed by atoms with E-state index in [0.717, 1.165) is 37.2 Å². The maximum atomic E-state index is 6.11. The highest BCUT2D eigenvalue weighted by atomic mass is 16.5. The molecule has 1 heteroatoms. The van der Waals surface area contributed by atoms with Crippen molar-refractivity contribution in [2.24, 2.45) is 0 Å². The van der Waals surface area contributed by atoms with Gasteiger partial charge >= 0.3 is 0 Å². The molecule has 0 atom stereocenters. The molecular formula is C24H38O. The predicted octanol–water partition coefficient (Wildman–Crippen LogP) is 8.20. The van der Waals surface area contributed by atoms with Crippen molar-refractivity contribution in [2.75, 3.05) is 0 Å². The van der Waals surface area contributed by atoms with Gasteiger partial charge in [-0.15, -0.1) is 0 Å². The Morgan fingerprint density at radius 2 is 1.08 bits per heavy atom. The number of rotatable bonds is 14. The Morgan fingerprint density at radius 3 is 1.44 bits per heavy atom. The average molecular weight is 343 g/mol. The van der Waals surface area contributed by atoms with E-state index in [1.807, 2.05) is 0 Å². The SMILES string of the molecule is CCC=CC(=CC=CCCCC)OC(C=CCC)=CC=CCCCC. The van der Waals surface area contributed by atoms with E-state index in [1.54, 1.807) is 0 Å². The monoisotopic (exact) mass is 342 g/mol. The minimum atomic E-state index is 0.878. The molecule has 0 aliphatic carbocycles. The highest BCUT2D eigenvalue weighted by Gasteiger charge is 1.96. The zero-order valence-electron chi connectivity index (χ0n) is 16.8. The van der Waals surface area contributed by atoms with Gasteiger partial charge in [0, 0.05) is 0 Å². The van der Waals surface area contributed by atoms with Gasteiger partial charge in [-0.1, -0.05) is 89.8 Å². The third-order valence-electron chi connectivity index (χ3n) is 3.51. The van der Waals surface area contributed by atoms with Gasteiger partial charge in [-0.3, -0.25) is 0 Å². The first-order chi connectivity index (χ1) is 12.3. The Hall–Kier alpha value is -1.76. The summed E-state index contributed by atoms with van der Waals surface area (Å²) in [5.41, 5.74) is 0. The maximum absolute atomic E-state index is 6.11. The zero-order valence-corrected chi connectivity index (χ0v) is 16.8. The Kier molecular flexibility index (Phi) is 17.3. The summed E-state index contributed by atoms with van der Waals surface area (Å²) in [6, 6.07) is 0. The van der Waals surface area contributed by atoms with Crippen LogP contribution < -0.4 is 0 Å². The molecule has 25 heavy (non-hydrogen) atoms. The fraction of sp³-hybridized carbons (Fsp3) is 0.500. The molecule has 0 aromatic heterocycles. The molecular weight excluding hydrogens is 304 g/mol. The van der Waals surface area contributed by atoms with Gasteiger partial charge in [0.05, 0.1) is 0 Å². The Balaban J connectivity index is 5.03. The zero-order chi connectivity index (χ0) is 18.6. The minimum absolute atomic E-state index is 0.878. The summed E-state index contributed by atoms with van der Waals surface area (Å²) in [6.07, 6.45) is 30.3. The van der Waals surface area contributed by atoms with E-state index in [9.17, 15) is 0 Å². The topological polar surface area (TPSA) is 9.23 Å². The van der Waals surface area contributed by atoms with Crippen molar-refractivity contribution in [3.8, 4) is 0 Å². The lowest BCUT2D eigenvalue weighted by Crippen LogP contribution is -1.89. The van der Waals surface area contributed by atoms with Crippen LogP contribution in [-0.2, 0) is 4.74 Å². The van der Waals surface area contributed by atoms with Gasteiger partial charge in [-0.2, -0.15) is 0 Å². The van der Waals surface area contributed by atoms with Crippen LogP contribution >= 0.6 is 0 Å². The van der Waals surface area contributed by atoms with E-state index >= 15 is 0 Å². The third-order valence-corrected chi connectivity index (χ3v) is 3.51. The summed E-state index contributed by atoms with van der Waals surface area (Å²) in [4.78, 5) is 0. The molecule has 1 nitrogen and oxygen atoms in total. The molecule has 0 amide bonds. The van der Waals surface area contributed by atoms with Gasteiger partial charge in [0.15, 0.2) is 0 Å². The van der Waals surface area contributed by atoms with E-state index in [2.05, 4.69) is 88.5 Å². The second-order valence-electron chi connectivity index (χ2n) is 6.00. The number of hydrogen-bond donors (Lipinski definition) is 0. The van der Waals surface area contributed by atoms with Gasteiger partial charge in [0.2, 0.25) is 0 Å². The van der Waals surface area contributed by atoms with E-state index in [4.69, 9.17) is 4.74 Å². The van der Waals surface area contributed by atoms with Gasteiger partial charge in [0.1, 0.15) is 11.5 Å². The highest BCUT2D eigenvalue weighted by Crippen LogP contribution is 2.12. The van der Waals surface area contributed by atoms with Crippen LogP contribution in [0.25, 0.3) is 0 Å². The molecule has 0 saturated heterocycles. The van der Waals surface area contributed by atoms with Crippen LogP contribution in [0, 0.1) is 0 Å². The van der Waals surface area contributed by atoms with Crippen LogP contribution in [0.3, 0.4) is 0 Å². The van der Waals surface area contributed by atoms with E-state index in [-0.39, 0.29) is 0 Å². The minimum Gasteiger partial charge on any atom is -0.457 e.